The van der Waals surface area contributed by atoms with E-state index in [4.69, 9.17) is 0 Å². The van der Waals surface area contributed by atoms with Gasteiger partial charge in [0, 0.05) is 196 Å². The van der Waals surface area contributed by atoms with E-state index in [1.165, 1.54) is 0 Å². The number of hydrogen-bond donors (Lipinski definition) is 0. The fraction of sp³-hybridized carbons (Fsp3) is 0.125. The molecule has 0 unspecified atom stereocenters. The van der Waals surface area contributed by atoms with Crippen LogP contribution in [0.15, 0.2) is 36.7 Å². The molecule has 2 aromatic heterocycles. The fourth-order valence-electron chi connectivity index (χ4n) is 2.07. The van der Waals surface area contributed by atoms with Gasteiger partial charge in [-0.2, -0.15) is 23.5 Å². The van der Waals surface area contributed by atoms with Gasteiger partial charge in [-0.1, -0.05) is 0 Å². The van der Waals surface area contributed by atoms with E-state index in [2.05, 4.69) is 24.3 Å². The Morgan fingerprint density at radius 2 is 0.875 bits per heavy atom. The first-order valence-electron chi connectivity index (χ1n) is 5.76. The molecule has 0 N–H and O–H groups in total. The minimum absolute atomic E-state index is 0. The summed E-state index contributed by atoms with van der Waals surface area (Å²) in [6.45, 7) is 0. The van der Waals surface area contributed by atoms with Crippen molar-refractivity contribution in [2.45, 2.75) is 0 Å². The van der Waals surface area contributed by atoms with E-state index in [9.17, 15) is 0 Å². The van der Waals surface area contributed by atoms with E-state index in [1.807, 2.05) is 59.9 Å². The number of aryl methyl sites for hydroxylation is 2. The van der Waals surface area contributed by atoms with Crippen LogP contribution in [0.2, 0.25) is 0 Å². The van der Waals surface area contributed by atoms with Crippen LogP contribution >= 0.6 is 0 Å². The molecule has 0 amide bonds. The van der Waals surface area contributed by atoms with Crippen molar-refractivity contribution in [3.05, 3.63) is 60.9 Å². The second-order valence-electron chi connectivity index (χ2n) is 4.21. The molecule has 2 nitrogen and oxygen atoms in total. The average Bonchev–Trinajstić information content (AvgIpc) is 2.98. The second-order valence-corrected chi connectivity index (χ2v) is 4.21. The molecule has 0 aliphatic heterocycles. The van der Waals surface area contributed by atoms with Gasteiger partial charge in [-0.25, -0.2) is 41.5 Å². The first-order chi connectivity index (χ1) is 8.77. The molecular weight excluding hydrogens is 754 g/mol. The molecule has 0 saturated carbocycles. The van der Waals surface area contributed by atoms with Crippen molar-refractivity contribution in [2.24, 2.45) is 14.1 Å². The Balaban J connectivity index is -0.000000333. The summed E-state index contributed by atoms with van der Waals surface area (Å²) in [6, 6.07) is 20.6. The molecule has 0 fully saturated rings. The third-order valence-electron chi connectivity index (χ3n) is 3.00. The molecule has 6 radical (unpaired) electrons. The topological polar surface area (TPSA) is 9.86 Å². The zero-order chi connectivity index (χ0) is 12.5. The van der Waals surface area contributed by atoms with Crippen molar-refractivity contribution < 1.29 is 196 Å². The standard InChI is InChI=1S/C16H12N2.6Y/c1-17-11-5-9-15(17)13-7-3-4-8-14(13)16-10-6-12-18(16)2;;;;;;/h3-6,11-12H,1-2H3;;;;;;/q-4;;;;;;. The molecule has 24 heavy (non-hydrogen) atoms. The van der Waals surface area contributed by atoms with E-state index >= 15 is 0 Å². The Labute approximate surface area is 295 Å². The summed E-state index contributed by atoms with van der Waals surface area (Å²) < 4.78 is 4.07. The van der Waals surface area contributed by atoms with E-state index < -0.39 is 0 Å². The van der Waals surface area contributed by atoms with Gasteiger partial charge in [0.05, 0.1) is 0 Å². The van der Waals surface area contributed by atoms with Crippen LogP contribution in [0.3, 0.4) is 0 Å². The normalized spacial score (nSPS) is 8.08. The Morgan fingerprint density at radius 3 is 1.12 bits per heavy atom. The van der Waals surface area contributed by atoms with Gasteiger partial charge in [-0.15, -0.1) is 12.4 Å². The van der Waals surface area contributed by atoms with Gasteiger partial charge in [-0.05, 0) is 14.1 Å². The summed E-state index contributed by atoms with van der Waals surface area (Å²) in [5, 5.41) is 0. The Morgan fingerprint density at radius 1 is 0.542 bits per heavy atom. The predicted octanol–water partition coefficient (Wildman–Crippen LogP) is 2.88. The monoisotopic (exact) mass is 766 g/mol. The minimum atomic E-state index is 0. The smallest absolute Gasteiger partial charge is 0 e. The summed E-state index contributed by atoms with van der Waals surface area (Å²) in [6.07, 6.45) is 3.96. The molecule has 108 valence electrons. The number of benzene rings is 1. The molecule has 3 aromatic rings. The van der Waals surface area contributed by atoms with Crippen molar-refractivity contribution in [1.29, 1.82) is 0 Å². The van der Waals surface area contributed by atoms with Crippen LogP contribution in [-0.4, -0.2) is 9.13 Å². The number of hydrogen-bond acceptors (Lipinski definition) is 0. The molecule has 0 aliphatic rings. The molecule has 2 heterocycles. The summed E-state index contributed by atoms with van der Waals surface area (Å²) in [4.78, 5) is 0. The van der Waals surface area contributed by atoms with Crippen LogP contribution in [0.4, 0.5) is 0 Å². The van der Waals surface area contributed by atoms with Gasteiger partial charge in [0.15, 0.2) is 0 Å². The van der Waals surface area contributed by atoms with Crippen molar-refractivity contribution in [2.75, 3.05) is 0 Å². The molecule has 8 heteroatoms. The van der Waals surface area contributed by atoms with Crippen LogP contribution in [0.25, 0.3) is 22.5 Å². The van der Waals surface area contributed by atoms with Crippen molar-refractivity contribution in [3.8, 4) is 22.5 Å². The van der Waals surface area contributed by atoms with Crippen LogP contribution in [-0.2, 0) is 210 Å². The van der Waals surface area contributed by atoms with Crippen LogP contribution in [0.1, 0.15) is 0 Å². The van der Waals surface area contributed by atoms with E-state index in [-0.39, 0.29) is 196 Å². The maximum Gasteiger partial charge on any atom is 0 e. The maximum absolute atomic E-state index is 3.28. The predicted molar refractivity (Wildman–Crippen MR) is 70.6 cm³/mol. The molecule has 3 rings (SSSR count). The third-order valence-corrected chi connectivity index (χ3v) is 3.00. The van der Waals surface area contributed by atoms with E-state index in [0.717, 1.165) is 22.5 Å². The van der Waals surface area contributed by atoms with Crippen LogP contribution < -0.4 is 0 Å². The molecule has 0 saturated heterocycles. The molecule has 0 atom stereocenters. The summed E-state index contributed by atoms with van der Waals surface area (Å²) in [5.74, 6) is 0. The summed E-state index contributed by atoms with van der Waals surface area (Å²) in [7, 11) is 4.01. The molecule has 0 spiro atoms. The zero-order valence-electron chi connectivity index (χ0n) is 13.8. The van der Waals surface area contributed by atoms with Crippen molar-refractivity contribution in [3.63, 3.8) is 0 Å². The number of aromatic nitrogens is 2. The quantitative estimate of drug-likeness (QED) is 0.356. The van der Waals surface area contributed by atoms with E-state index in [1.54, 1.807) is 0 Å². The fourth-order valence-corrected chi connectivity index (χ4v) is 2.07. The van der Waals surface area contributed by atoms with Crippen LogP contribution in [0.5, 0.6) is 0 Å². The minimum Gasteiger partial charge on any atom is -0.464 e. The Bertz CT molecular complexity index is 634. The molecule has 0 bridgehead atoms. The van der Waals surface area contributed by atoms with Gasteiger partial charge < -0.3 is 9.13 Å². The van der Waals surface area contributed by atoms with Gasteiger partial charge in [0.25, 0.3) is 0 Å². The maximum atomic E-state index is 3.28. The first-order valence-corrected chi connectivity index (χ1v) is 5.76. The van der Waals surface area contributed by atoms with Crippen molar-refractivity contribution >= 4 is 0 Å². The SMILES string of the molecule is Cn1cc[c-]c1-c1[c-]cc[c-]c1-c1[c-]ccn1C.[Y].[Y].[Y].[Y].[Y].[Y]. The van der Waals surface area contributed by atoms with Crippen LogP contribution in [0, 0.1) is 24.3 Å². The third kappa shape index (κ3) is 9.04. The largest absolute Gasteiger partial charge is 0.464 e. The Hall–Kier alpha value is 4.40. The van der Waals surface area contributed by atoms with Gasteiger partial charge in [0.2, 0.25) is 0 Å². The molecule has 0 aliphatic carbocycles. The first kappa shape index (κ1) is 35.8. The van der Waals surface area contributed by atoms with Gasteiger partial charge in [-0.3, -0.25) is 6.07 Å². The summed E-state index contributed by atoms with van der Waals surface area (Å²) >= 11 is 0. The molecule has 1 aromatic carbocycles. The van der Waals surface area contributed by atoms with Crippen molar-refractivity contribution in [1.82, 2.24) is 9.13 Å². The van der Waals surface area contributed by atoms with Gasteiger partial charge in [0.1, 0.15) is 0 Å². The van der Waals surface area contributed by atoms with Gasteiger partial charge >= 0.3 is 0 Å². The second kappa shape index (κ2) is 18.2. The zero-order valence-corrected chi connectivity index (χ0v) is 30.9. The average molecular weight is 766 g/mol. The number of nitrogens with zero attached hydrogens (tertiary/aromatic N) is 2. The number of rotatable bonds is 2. The van der Waals surface area contributed by atoms with E-state index in [0.29, 0.717) is 0 Å². The molecular formula is C16H12N2Y6-4. The Kier molecular flexibility index (Phi) is 27.2. The summed E-state index contributed by atoms with van der Waals surface area (Å²) in [5.41, 5.74) is 4.03.